The fourth-order valence-corrected chi connectivity index (χ4v) is 5.27. The molecule has 1 atom stereocenters. The van der Waals surface area contributed by atoms with E-state index in [1.165, 1.54) is 10.4 Å². The quantitative estimate of drug-likeness (QED) is 0.480. The lowest BCUT2D eigenvalue weighted by atomic mass is 10.1. The molecule has 3 aromatic heterocycles. The second-order valence-corrected chi connectivity index (χ2v) is 8.66. The summed E-state index contributed by atoms with van der Waals surface area (Å²) in [5.41, 5.74) is 2.96. The number of amides is 1. The number of benzene rings is 1. The standard InChI is InChI=1S/C24H22N4OS/c25-16-20-5-3-11-26(20)12-8-22(28-14-7-18-4-1-2-6-21(18)28)24(29)27-13-9-23-19(17-27)10-15-30-23/h1-7,10-11,14-15,22H,8-9,12-13,17H2. The first-order valence-electron chi connectivity index (χ1n) is 10.2. The Morgan fingerprint density at radius 2 is 2.03 bits per heavy atom. The molecule has 150 valence electrons. The SMILES string of the molecule is N#Cc1cccn1CCC(C(=O)N1CCc2sccc2C1)n1ccc2ccccc21. The summed E-state index contributed by atoms with van der Waals surface area (Å²) in [6.07, 6.45) is 5.49. The predicted molar refractivity (Wildman–Crippen MR) is 118 cm³/mol. The van der Waals surface area contributed by atoms with Crippen molar-refractivity contribution < 1.29 is 4.79 Å². The summed E-state index contributed by atoms with van der Waals surface area (Å²) in [4.78, 5) is 17.1. The van der Waals surface area contributed by atoms with Gasteiger partial charge in [0, 0.05) is 42.4 Å². The molecule has 4 aromatic rings. The Hall–Kier alpha value is -3.30. The van der Waals surface area contributed by atoms with Crippen LogP contribution in [0.2, 0.25) is 0 Å². The summed E-state index contributed by atoms with van der Waals surface area (Å²) in [6, 6.07) is 18.0. The number of fused-ring (bicyclic) bond motifs is 2. The van der Waals surface area contributed by atoms with Gasteiger partial charge >= 0.3 is 0 Å². The van der Waals surface area contributed by atoms with Crippen molar-refractivity contribution in [2.45, 2.75) is 32.0 Å². The zero-order chi connectivity index (χ0) is 20.5. The molecule has 5 rings (SSSR count). The number of nitrogens with zero attached hydrogens (tertiary/aromatic N) is 4. The number of hydrogen-bond acceptors (Lipinski definition) is 3. The van der Waals surface area contributed by atoms with Crippen molar-refractivity contribution in [2.75, 3.05) is 6.54 Å². The Morgan fingerprint density at radius 3 is 2.93 bits per heavy atom. The van der Waals surface area contributed by atoms with E-state index in [1.54, 1.807) is 11.3 Å². The van der Waals surface area contributed by atoms with E-state index in [-0.39, 0.29) is 11.9 Å². The molecule has 30 heavy (non-hydrogen) atoms. The van der Waals surface area contributed by atoms with Gasteiger partial charge in [0.05, 0.1) is 0 Å². The van der Waals surface area contributed by atoms with Gasteiger partial charge in [0.2, 0.25) is 5.91 Å². The number of thiophene rings is 1. The summed E-state index contributed by atoms with van der Waals surface area (Å²) in [7, 11) is 0. The van der Waals surface area contributed by atoms with Crippen LogP contribution >= 0.6 is 11.3 Å². The van der Waals surface area contributed by atoms with Crippen LogP contribution in [0.15, 0.2) is 66.3 Å². The number of aromatic nitrogens is 2. The summed E-state index contributed by atoms with van der Waals surface area (Å²) < 4.78 is 4.04. The maximum atomic E-state index is 13.7. The highest BCUT2D eigenvalue weighted by Gasteiger charge is 2.29. The molecule has 5 nitrogen and oxygen atoms in total. The number of rotatable bonds is 5. The van der Waals surface area contributed by atoms with E-state index in [9.17, 15) is 10.1 Å². The number of hydrogen-bond donors (Lipinski definition) is 0. The van der Waals surface area contributed by atoms with E-state index in [0.29, 0.717) is 25.2 Å². The number of nitriles is 1. The molecule has 6 heteroatoms. The number of aryl methyl sites for hydroxylation is 1. The zero-order valence-electron chi connectivity index (χ0n) is 16.6. The number of carbonyl (C=O) groups is 1. The van der Waals surface area contributed by atoms with Crippen LogP contribution in [0.4, 0.5) is 0 Å². The molecule has 1 amide bonds. The first-order valence-corrected chi connectivity index (χ1v) is 11.1. The molecule has 0 saturated carbocycles. The van der Waals surface area contributed by atoms with Crippen LogP contribution in [0, 0.1) is 11.3 Å². The van der Waals surface area contributed by atoms with Gasteiger partial charge < -0.3 is 14.0 Å². The van der Waals surface area contributed by atoms with Crippen molar-refractivity contribution in [1.29, 1.82) is 5.26 Å². The average Bonchev–Trinajstić information content (AvgIpc) is 3.52. The second kappa shape index (κ2) is 7.85. The second-order valence-electron chi connectivity index (χ2n) is 7.66. The van der Waals surface area contributed by atoms with Gasteiger partial charge in [-0.05, 0) is 59.5 Å². The van der Waals surface area contributed by atoms with Gasteiger partial charge in [0.15, 0.2) is 0 Å². The summed E-state index contributed by atoms with van der Waals surface area (Å²) >= 11 is 1.78. The van der Waals surface area contributed by atoms with Crippen LogP contribution in [0.1, 0.15) is 28.6 Å². The number of carbonyl (C=O) groups excluding carboxylic acids is 1. The first-order chi connectivity index (χ1) is 14.7. The molecule has 0 bridgehead atoms. The third-order valence-corrected chi connectivity index (χ3v) is 6.98. The monoisotopic (exact) mass is 414 g/mol. The maximum Gasteiger partial charge on any atom is 0.246 e. The van der Waals surface area contributed by atoms with Crippen molar-refractivity contribution in [1.82, 2.24) is 14.0 Å². The van der Waals surface area contributed by atoms with Gasteiger partial charge in [-0.3, -0.25) is 4.79 Å². The molecule has 0 spiro atoms. The van der Waals surface area contributed by atoms with E-state index < -0.39 is 0 Å². The van der Waals surface area contributed by atoms with Gasteiger partial charge in [-0.1, -0.05) is 18.2 Å². The third kappa shape index (κ3) is 3.31. The highest BCUT2D eigenvalue weighted by Crippen LogP contribution is 2.29. The lowest BCUT2D eigenvalue weighted by Crippen LogP contribution is -2.40. The molecule has 0 fully saturated rings. The fraction of sp³-hybridized carbons (Fsp3) is 0.250. The lowest BCUT2D eigenvalue weighted by Gasteiger charge is -2.31. The van der Waals surface area contributed by atoms with Gasteiger partial charge in [-0.25, -0.2) is 0 Å². The van der Waals surface area contributed by atoms with Crippen molar-refractivity contribution in [3.63, 3.8) is 0 Å². The molecule has 1 aliphatic heterocycles. The van der Waals surface area contributed by atoms with Crippen LogP contribution in [0.5, 0.6) is 0 Å². The van der Waals surface area contributed by atoms with Crippen molar-refractivity contribution in [3.8, 4) is 6.07 Å². The highest BCUT2D eigenvalue weighted by molar-refractivity contribution is 7.10. The van der Waals surface area contributed by atoms with Crippen molar-refractivity contribution in [3.05, 3.63) is 82.4 Å². The van der Waals surface area contributed by atoms with E-state index >= 15 is 0 Å². The van der Waals surface area contributed by atoms with Crippen molar-refractivity contribution >= 4 is 28.1 Å². The Balaban J connectivity index is 1.46. The molecule has 4 heterocycles. The minimum absolute atomic E-state index is 0.152. The Morgan fingerprint density at radius 1 is 1.13 bits per heavy atom. The minimum atomic E-state index is -0.306. The lowest BCUT2D eigenvalue weighted by molar-refractivity contribution is -0.135. The topological polar surface area (TPSA) is 54.0 Å². The van der Waals surface area contributed by atoms with Crippen LogP contribution in [-0.2, 0) is 24.3 Å². The Labute approximate surface area is 179 Å². The summed E-state index contributed by atoms with van der Waals surface area (Å²) in [6.45, 7) is 2.06. The van der Waals surface area contributed by atoms with Gasteiger partial charge in [0.1, 0.15) is 17.8 Å². The smallest absolute Gasteiger partial charge is 0.246 e. The van der Waals surface area contributed by atoms with Crippen LogP contribution in [0.3, 0.4) is 0 Å². The zero-order valence-corrected chi connectivity index (χ0v) is 17.4. The Bertz CT molecular complexity index is 1240. The van der Waals surface area contributed by atoms with E-state index in [0.717, 1.165) is 23.9 Å². The maximum absolute atomic E-state index is 13.7. The fourth-order valence-electron chi connectivity index (χ4n) is 4.38. The molecular weight excluding hydrogens is 392 g/mol. The van der Waals surface area contributed by atoms with E-state index in [2.05, 4.69) is 40.3 Å². The molecule has 0 aliphatic carbocycles. The predicted octanol–water partition coefficient (Wildman–Crippen LogP) is 4.59. The third-order valence-electron chi connectivity index (χ3n) is 5.96. The number of para-hydroxylation sites is 1. The molecular formula is C24H22N4OS. The molecule has 0 N–H and O–H groups in total. The van der Waals surface area contributed by atoms with Gasteiger partial charge in [0.25, 0.3) is 0 Å². The van der Waals surface area contributed by atoms with Gasteiger partial charge in [-0.2, -0.15) is 5.26 Å². The Kier molecular flexibility index (Phi) is 4.89. The van der Waals surface area contributed by atoms with E-state index in [4.69, 9.17) is 0 Å². The minimum Gasteiger partial charge on any atom is -0.339 e. The van der Waals surface area contributed by atoms with Gasteiger partial charge in [-0.15, -0.1) is 11.3 Å². The normalized spacial score (nSPS) is 14.4. The summed E-state index contributed by atoms with van der Waals surface area (Å²) in [5.74, 6) is 0.152. The molecule has 0 saturated heterocycles. The summed E-state index contributed by atoms with van der Waals surface area (Å²) in [5, 5.41) is 12.6. The largest absolute Gasteiger partial charge is 0.339 e. The molecule has 1 unspecified atom stereocenters. The first kappa shape index (κ1) is 18.7. The van der Waals surface area contributed by atoms with E-state index in [1.807, 2.05) is 46.1 Å². The average molecular weight is 415 g/mol. The highest BCUT2D eigenvalue weighted by atomic mass is 32.1. The van der Waals surface area contributed by atoms with Crippen LogP contribution in [0.25, 0.3) is 10.9 Å². The molecule has 0 radical (unpaired) electrons. The molecule has 1 aliphatic rings. The molecule has 1 aromatic carbocycles. The van der Waals surface area contributed by atoms with Crippen LogP contribution in [-0.4, -0.2) is 26.5 Å². The van der Waals surface area contributed by atoms with Crippen LogP contribution < -0.4 is 0 Å². The van der Waals surface area contributed by atoms with Crippen molar-refractivity contribution in [2.24, 2.45) is 0 Å².